The van der Waals surface area contributed by atoms with E-state index < -0.39 is 35.0 Å². The third kappa shape index (κ3) is 5.78. The largest absolute Gasteiger partial charge is 0.493 e. The van der Waals surface area contributed by atoms with E-state index in [-0.39, 0.29) is 21.5 Å². The fourth-order valence-electron chi connectivity index (χ4n) is 4.06. The first kappa shape index (κ1) is 28.9. The van der Waals surface area contributed by atoms with Gasteiger partial charge >= 0.3 is 12.1 Å². The first-order valence-electron chi connectivity index (χ1n) is 11.6. The minimum atomic E-state index is -4.99. The van der Waals surface area contributed by atoms with Crippen molar-refractivity contribution >= 4 is 50.9 Å². The summed E-state index contributed by atoms with van der Waals surface area (Å²) in [6, 6.07) is 7.72. The number of hydrogen-bond donors (Lipinski definition) is 0. The second-order valence-corrected chi connectivity index (χ2v) is 10.4. The van der Waals surface area contributed by atoms with Gasteiger partial charge in [0.1, 0.15) is 0 Å². The molecule has 1 aromatic heterocycles. The Bertz CT molecular complexity index is 1630. The van der Waals surface area contributed by atoms with Crippen molar-refractivity contribution in [1.82, 2.24) is 4.57 Å². The molecule has 206 valence electrons. The quantitative estimate of drug-likeness (QED) is 0.332. The van der Waals surface area contributed by atoms with E-state index in [9.17, 15) is 22.8 Å². The van der Waals surface area contributed by atoms with Crippen LogP contribution in [0.5, 0.6) is 11.5 Å². The molecule has 0 spiro atoms. The highest BCUT2D eigenvalue weighted by molar-refractivity contribution is 9.10. The number of alkyl halides is 3. The minimum absolute atomic E-state index is 0.0949. The number of hydrogen-bond acceptors (Lipinski definition) is 7. The SMILES string of the molecule is CCOC(=O)C1=C(C(F)(F)F)N=c2s/c(=C\c3cc(Br)c(OCC)c(OC)c3)c(=O)n2[C@H]1c1ccc(Cl)cc1. The van der Waals surface area contributed by atoms with Gasteiger partial charge in [0.2, 0.25) is 0 Å². The van der Waals surface area contributed by atoms with Crippen molar-refractivity contribution in [3.63, 3.8) is 0 Å². The van der Waals surface area contributed by atoms with Gasteiger partial charge in [0.05, 0.1) is 40.9 Å². The molecular weight excluding hydrogens is 625 g/mol. The van der Waals surface area contributed by atoms with Crippen LogP contribution in [0.4, 0.5) is 13.2 Å². The van der Waals surface area contributed by atoms with Crippen LogP contribution >= 0.6 is 38.9 Å². The first-order valence-corrected chi connectivity index (χ1v) is 13.5. The number of fused-ring (bicyclic) bond motifs is 1. The van der Waals surface area contributed by atoms with Crippen LogP contribution in [0.2, 0.25) is 5.02 Å². The van der Waals surface area contributed by atoms with Gasteiger partial charge in [0, 0.05) is 5.02 Å². The molecule has 1 aliphatic heterocycles. The highest BCUT2D eigenvalue weighted by Gasteiger charge is 2.45. The molecule has 3 aromatic rings. The van der Waals surface area contributed by atoms with Gasteiger partial charge < -0.3 is 14.2 Å². The van der Waals surface area contributed by atoms with E-state index in [0.29, 0.717) is 33.2 Å². The lowest BCUT2D eigenvalue weighted by Gasteiger charge is -2.26. The lowest BCUT2D eigenvalue weighted by atomic mass is 9.95. The summed E-state index contributed by atoms with van der Waals surface area (Å²) in [6.07, 6.45) is -3.48. The average molecular weight is 646 g/mol. The molecule has 39 heavy (non-hydrogen) atoms. The van der Waals surface area contributed by atoms with Gasteiger partial charge in [0.25, 0.3) is 5.56 Å². The second kappa shape index (κ2) is 11.6. The smallest absolute Gasteiger partial charge is 0.434 e. The van der Waals surface area contributed by atoms with Crippen LogP contribution in [0.15, 0.2) is 61.9 Å². The van der Waals surface area contributed by atoms with Crippen LogP contribution in [0.3, 0.4) is 0 Å². The molecule has 2 heterocycles. The molecule has 13 heteroatoms. The van der Waals surface area contributed by atoms with Gasteiger partial charge in [-0.05, 0) is 71.2 Å². The number of rotatable bonds is 7. The van der Waals surface area contributed by atoms with Crippen LogP contribution in [-0.4, -0.2) is 37.0 Å². The van der Waals surface area contributed by atoms with Gasteiger partial charge in [-0.15, -0.1) is 0 Å². The number of halogens is 5. The number of ether oxygens (including phenoxy) is 3. The van der Waals surface area contributed by atoms with Gasteiger partial charge in [-0.1, -0.05) is 35.1 Å². The molecule has 0 radical (unpaired) electrons. The zero-order chi connectivity index (χ0) is 28.5. The average Bonchev–Trinajstić information content (AvgIpc) is 3.19. The molecule has 0 aliphatic carbocycles. The van der Waals surface area contributed by atoms with Crippen LogP contribution < -0.4 is 24.4 Å². The summed E-state index contributed by atoms with van der Waals surface area (Å²) in [5.41, 5.74) is -2.07. The van der Waals surface area contributed by atoms with Gasteiger partial charge in [-0.3, -0.25) is 9.36 Å². The zero-order valence-corrected chi connectivity index (χ0v) is 23.9. The maximum absolute atomic E-state index is 14.2. The summed E-state index contributed by atoms with van der Waals surface area (Å²) < 4.78 is 60.4. The summed E-state index contributed by atoms with van der Waals surface area (Å²) in [5, 5.41) is 0.332. The zero-order valence-electron chi connectivity index (χ0n) is 20.8. The Hall–Kier alpha value is -3.09. The second-order valence-electron chi connectivity index (χ2n) is 8.08. The lowest BCUT2D eigenvalue weighted by molar-refractivity contribution is -0.140. The number of aromatic nitrogens is 1. The molecule has 2 aromatic carbocycles. The predicted octanol–water partition coefficient (Wildman–Crippen LogP) is 5.16. The van der Waals surface area contributed by atoms with Gasteiger partial charge in [0.15, 0.2) is 22.0 Å². The number of carbonyl (C=O) groups is 1. The molecule has 0 unspecified atom stereocenters. The van der Waals surface area contributed by atoms with Crippen LogP contribution in [-0.2, 0) is 9.53 Å². The Morgan fingerprint density at radius 1 is 1.21 bits per heavy atom. The Labute approximate surface area is 237 Å². The van der Waals surface area contributed by atoms with Crippen molar-refractivity contribution in [2.75, 3.05) is 20.3 Å². The summed E-state index contributed by atoms with van der Waals surface area (Å²) in [7, 11) is 1.46. The van der Waals surface area contributed by atoms with Gasteiger partial charge in [-0.25, -0.2) is 9.79 Å². The maximum atomic E-state index is 14.2. The Balaban J connectivity index is 2.01. The van der Waals surface area contributed by atoms with Crippen molar-refractivity contribution in [1.29, 1.82) is 0 Å². The van der Waals surface area contributed by atoms with Crippen LogP contribution in [0.1, 0.15) is 31.0 Å². The fraction of sp³-hybridized carbons (Fsp3) is 0.269. The highest BCUT2D eigenvalue weighted by atomic mass is 79.9. The molecule has 0 fully saturated rings. The van der Waals surface area contributed by atoms with E-state index in [1.165, 1.54) is 44.4 Å². The van der Waals surface area contributed by atoms with Crippen LogP contribution in [0.25, 0.3) is 6.08 Å². The number of thiazole rings is 1. The Morgan fingerprint density at radius 3 is 2.49 bits per heavy atom. The van der Waals surface area contributed by atoms with E-state index in [1.807, 2.05) is 6.92 Å². The molecule has 0 N–H and O–H groups in total. The van der Waals surface area contributed by atoms with Crippen molar-refractivity contribution in [2.45, 2.75) is 26.1 Å². The maximum Gasteiger partial charge on any atom is 0.434 e. The standard InChI is InChI=1S/C26H21BrClF3N2O5S/c1-4-37-21-16(27)10-13(11-17(21)36-3)12-18-23(34)33-20(14-6-8-15(28)9-7-14)19(24(35)38-5-2)22(26(29,30)31)32-25(33)39-18/h6-12,20H,4-5H2,1-3H3/b18-12-/t20-/m0/s1. The van der Waals surface area contributed by atoms with Crippen molar-refractivity contribution in [3.8, 4) is 11.5 Å². The number of carbonyl (C=O) groups excluding carboxylic acids is 1. The molecule has 1 atom stereocenters. The third-order valence-electron chi connectivity index (χ3n) is 5.62. The summed E-state index contributed by atoms with van der Waals surface area (Å²) in [6.45, 7) is 3.51. The molecule has 4 rings (SSSR count). The first-order chi connectivity index (χ1) is 18.5. The number of methoxy groups -OCH3 is 1. The topological polar surface area (TPSA) is 79.1 Å². The number of allylic oxidation sites excluding steroid dienone is 1. The molecule has 1 aliphatic rings. The summed E-state index contributed by atoms with van der Waals surface area (Å²) in [5.74, 6) is -0.355. The van der Waals surface area contributed by atoms with Gasteiger partial charge in [-0.2, -0.15) is 13.2 Å². The number of benzene rings is 2. The molecule has 0 bridgehead atoms. The Kier molecular flexibility index (Phi) is 8.57. The van der Waals surface area contributed by atoms with E-state index in [2.05, 4.69) is 20.9 Å². The monoisotopic (exact) mass is 644 g/mol. The van der Waals surface area contributed by atoms with E-state index >= 15 is 0 Å². The number of nitrogens with zero attached hydrogens (tertiary/aromatic N) is 2. The molecule has 7 nitrogen and oxygen atoms in total. The van der Waals surface area contributed by atoms with Crippen molar-refractivity contribution < 1.29 is 32.2 Å². The van der Waals surface area contributed by atoms with Crippen molar-refractivity contribution in [2.24, 2.45) is 4.99 Å². The minimum Gasteiger partial charge on any atom is -0.493 e. The summed E-state index contributed by atoms with van der Waals surface area (Å²) >= 11 is 10.2. The van der Waals surface area contributed by atoms with E-state index in [0.717, 1.165) is 15.9 Å². The molecule has 0 saturated heterocycles. The Morgan fingerprint density at radius 2 is 1.90 bits per heavy atom. The van der Waals surface area contributed by atoms with Crippen LogP contribution in [0, 0.1) is 0 Å². The molecule has 0 amide bonds. The lowest BCUT2D eigenvalue weighted by Crippen LogP contribution is -2.41. The van der Waals surface area contributed by atoms with E-state index in [1.54, 1.807) is 12.1 Å². The third-order valence-corrected chi connectivity index (χ3v) is 7.44. The highest BCUT2D eigenvalue weighted by Crippen LogP contribution is 2.39. The summed E-state index contributed by atoms with van der Waals surface area (Å²) in [4.78, 5) is 30.1. The molecular formula is C26H21BrClF3N2O5S. The fourth-order valence-corrected chi connectivity index (χ4v) is 5.76. The number of esters is 1. The van der Waals surface area contributed by atoms with E-state index in [4.69, 9.17) is 25.8 Å². The normalized spacial score (nSPS) is 15.6. The predicted molar refractivity (Wildman–Crippen MR) is 144 cm³/mol. The molecule has 0 saturated carbocycles. The van der Waals surface area contributed by atoms with Crippen molar-refractivity contribution in [3.05, 3.63) is 88.0 Å².